The van der Waals surface area contributed by atoms with Crippen molar-refractivity contribution in [2.45, 2.75) is 6.42 Å². The summed E-state index contributed by atoms with van der Waals surface area (Å²) in [6, 6.07) is 19.3. The maximum atomic E-state index is 12.1. The zero-order chi connectivity index (χ0) is 14.8. The van der Waals surface area contributed by atoms with Crippen molar-refractivity contribution in [1.29, 1.82) is 0 Å². The van der Waals surface area contributed by atoms with Gasteiger partial charge >= 0.3 is 0 Å². The summed E-state index contributed by atoms with van der Waals surface area (Å²) in [5, 5.41) is 2.75. The summed E-state index contributed by atoms with van der Waals surface area (Å²) in [5.41, 5.74) is 1.89. The summed E-state index contributed by atoms with van der Waals surface area (Å²) in [5.74, 6) is -0.116. The number of hydrogen-bond donors (Lipinski definition) is 1. The predicted molar refractivity (Wildman–Crippen MR) is 84.7 cm³/mol. The van der Waals surface area contributed by atoms with Crippen LogP contribution in [-0.2, 0) is 6.42 Å². The SMILES string of the molecule is CNC.[CH2]C(Cc1ccccc1)C(=O)c1ccccc1. The number of ketones is 1. The van der Waals surface area contributed by atoms with Crippen LogP contribution in [0.5, 0.6) is 0 Å². The Labute approximate surface area is 121 Å². The van der Waals surface area contributed by atoms with Crippen molar-refractivity contribution in [3.63, 3.8) is 0 Å². The van der Waals surface area contributed by atoms with E-state index in [4.69, 9.17) is 0 Å². The van der Waals surface area contributed by atoms with Crippen molar-refractivity contribution in [3.8, 4) is 0 Å². The second-order valence-electron chi connectivity index (χ2n) is 4.62. The zero-order valence-corrected chi connectivity index (χ0v) is 12.2. The van der Waals surface area contributed by atoms with E-state index in [9.17, 15) is 4.79 Å². The molecule has 0 bridgehead atoms. The van der Waals surface area contributed by atoms with Gasteiger partial charge in [0.2, 0.25) is 0 Å². The fourth-order valence-electron chi connectivity index (χ4n) is 1.83. The smallest absolute Gasteiger partial charge is 0.166 e. The average molecular weight is 268 g/mol. The highest BCUT2D eigenvalue weighted by Crippen LogP contribution is 2.13. The molecule has 20 heavy (non-hydrogen) atoms. The van der Waals surface area contributed by atoms with Gasteiger partial charge in [0.15, 0.2) is 5.78 Å². The van der Waals surface area contributed by atoms with E-state index in [1.807, 2.05) is 74.8 Å². The number of nitrogens with one attached hydrogen (secondary N) is 1. The first kappa shape index (κ1) is 16.1. The first-order valence-corrected chi connectivity index (χ1v) is 6.73. The van der Waals surface area contributed by atoms with Crippen LogP contribution in [0.2, 0.25) is 0 Å². The van der Waals surface area contributed by atoms with Crippen molar-refractivity contribution in [2.75, 3.05) is 14.1 Å². The zero-order valence-electron chi connectivity index (χ0n) is 12.2. The largest absolute Gasteiger partial charge is 0.323 e. The quantitative estimate of drug-likeness (QED) is 0.861. The summed E-state index contributed by atoms with van der Waals surface area (Å²) < 4.78 is 0. The van der Waals surface area contributed by atoms with E-state index in [2.05, 4.69) is 12.2 Å². The molecule has 2 aromatic rings. The highest BCUT2D eigenvalue weighted by molar-refractivity contribution is 5.98. The average Bonchev–Trinajstić information content (AvgIpc) is 2.49. The molecule has 1 unspecified atom stereocenters. The van der Waals surface area contributed by atoms with Gasteiger partial charge in [0.25, 0.3) is 0 Å². The lowest BCUT2D eigenvalue weighted by molar-refractivity contribution is 0.0943. The lowest BCUT2D eigenvalue weighted by atomic mass is 9.93. The molecule has 0 aliphatic heterocycles. The third-order valence-corrected chi connectivity index (χ3v) is 2.75. The first-order valence-electron chi connectivity index (χ1n) is 6.73. The van der Waals surface area contributed by atoms with Gasteiger partial charge in [0.05, 0.1) is 0 Å². The summed E-state index contributed by atoms with van der Waals surface area (Å²) in [7, 11) is 3.75. The molecule has 0 spiro atoms. The third kappa shape index (κ3) is 5.37. The molecule has 2 aromatic carbocycles. The molecular formula is C18H22NO. The summed E-state index contributed by atoms with van der Waals surface area (Å²) in [4.78, 5) is 12.1. The molecule has 1 atom stereocenters. The van der Waals surface area contributed by atoms with Gasteiger partial charge in [-0.3, -0.25) is 4.79 Å². The molecule has 0 saturated heterocycles. The fourth-order valence-corrected chi connectivity index (χ4v) is 1.83. The van der Waals surface area contributed by atoms with Gasteiger partial charge in [-0.1, -0.05) is 60.7 Å². The summed E-state index contributed by atoms with van der Waals surface area (Å²) in [6.45, 7) is 3.96. The van der Waals surface area contributed by atoms with Gasteiger partial charge < -0.3 is 5.32 Å². The van der Waals surface area contributed by atoms with E-state index in [1.54, 1.807) is 0 Å². The standard InChI is InChI=1S/C16H15O.C2H7N/c1-13(12-14-8-4-2-5-9-14)16(17)15-10-6-3-7-11-15;1-3-2/h2-11,13H,1,12H2;3H,1-2H3. The Bertz CT molecular complexity index is 493. The fraction of sp³-hybridized carbons (Fsp3) is 0.222. The Kier molecular flexibility index (Phi) is 7.30. The number of hydrogen-bond acceptors (Lipinski definition) is 2. The minimum Gasteiger partial charge on any atom is -0.323 e. The van der Waals surface area contributed by atoms with Crippen molar-refractivity contribution in [3.05, 3.63) is 78.7 Å². The van der Waals surface area contributed by atoms with Crippen LogP contribution in [0, 0.1) is 12.8 Å². The number of benzene rings is 2. The van der Waals surface area contributed by atoms with Crippen LogP contribution in [-0.4, -0.2) is 19.9 Å². The minimum absolute atomic E-state index is 0.106. The number of Topliss-reactive ketones (excluding diaryl/α,β-unsaturated/α-hetero) is 1. The summed E-state index contributed by atoms with van der Waals surface area (Å²) in [6.07, 6.45) is 0.689. The normalized spacial score (nSPS) is 11.2. The van der Waals surface area contributed by atoms with Crippen LogP contribution in [0.3, 0.4) is 0 Å². The monoisotopic (exact) mass is 268 g/mol. The van der Waals surface area contributed by atoms with Crippen LogP contribution in [0.1, 0.15) is 15.9 Å². The molecule has 0 aliphatic rings. The molecule has 0 aliphatic carbocycles. The first-order chi connectivity index (χ1) is 9.69. The Morgan fingerprint density at radius 1 is 1.00 bits per heavy atom. The van der Waals surface area contributed by atoms with Crippen molar-refractivity contribution < 1.29 is 4.79 Å². The molecule has 0 aromatic heterocycles. The highest BCUT2D eigenvalue weighted by Gasteiger charge is 2.15. The van der Waals surface area contributed by atoms with E-state index in [-0.39, 0.29) is 11.7 Å². The predicted octanol–water partition coefficient (Wildman–Crippen LogP) is 3.40. The van der Waals surface area contributed by atoms with Gasteiger partial charge in [0, 0.05) is 11.5 Å². The van der Waals surface area contributed by atoms with Gasteiger partial charge in [0.1, 0.15) is 0 Å². The topological polar surface area (TPSA) is 29.1 Å². The van der Waals surface area contributed by atoms with Gasteiger partial charge in [-0.15, -0.1) is 0 Å². The second-order valence-corrected chi connectivity index (χ2v) is 4.62. The molecule has 0 heterocycles. The van der Waals surface area contributed by atoms with Crippen LogP contribution in [0.15, 0.2) is 60.7 Å². The molecule has 1 N–H and O–H groups in total. The van der Waals surface area contributed by atoms with E-state index in [0.717, 1.165) is 11.1 Å². The maximum absolute atomic E-state index is 12.1. The second kappa shape index (κ2) is 9.05. The molecule has 2 nitrogen and oxygen atoms in total. The molecule has 105 valence electrons. The Morgan fingerprint density at radius 3 is 1.95 bits per heavy atom. The summed E-state index contributed by atoms with van der Waals surface area (Å²) >= 11 is 0. The molecule has 2 heteroatoms. The van der Waals surface area contributed by atoms with Gasteiger partial charge in [-0.2, -0.15) is 0 Å². The van der Waals surface area contributed by atoms with E-state index < -0.39 is 0 Å². The van der Waals surface area contributed by atoms with Crippen LogP contribution < -0.4 is 5.32 Å². The van der Waals surface area contributed by atoms with Crippen LogP contribution in [0.4, 0.5) is 0 Å². The molecule has 0 saturated carbocycles. The van der Waals surface area contributed by atoms with Crippen molar-refractivity contribution in [2.24, 2.45) is 5.92 Å². The molecule has 0 amide bonds. The molecule has 2 rings (SSSR count). The van der Waals surface area contributed by atoms with Crippen molar-refractivity contribution in [1.82, 2.24) is 5.32 Å². The molecule has 0 fully saturated rings. The minimum atomic E-state index is -0.222. The van der Waals surface area contributed by atoms with Crippen LogP contribution in [0.25, 0.3) is 0 Å². The molecule has 1 radical (unpaired) electrons. The number of carbonyl (C=O) groups is 1. The lowest BCUT2D eigenvalue weighted by Crippen LogP contribution is -2.14. The van der Waals surface area contributed by atoms with E-state index >= 15 is 0 Å². The Morgan fingerprint density at radius 2 is 1.45 bits per heavy atom. The van der Waals surface area contributed by atoms with Crippen LogP contribution >= 0.6 is 0 Å². The van der Waals surface area contributed by atoms with Gasteiger partial charge in [-0.05, 0) is 33.0 Å². The van der Waals surface area contributed by atoms with E-state index in [0.29, 0.717) is 6.42 Å². The maximum Gasteiger partial charge on any atom is 0.166 e. The third-order valence-electron chi connectivity index (χ3n) is 2.75. The lowest BCUT2D eigenvalue weighted by Gasteiger charge is -2.10. The highest BCUT2D eigenvalue weighted by atomic mass is 16.1. The number of carbonyl (C=O) groups excluding carboxylic acids is 1. The Balaban J connectivity index is 0.000000612. The molecular weight excluding hydrogens is 246 g/mol. The van der Waals surface area contributed by atoms with Gasteiger partial charge in [-0.25, -0.2) is 0 Å². The number of rotatable bonds is 4. The van der Waals surface area contributed by atoms with E-state index in [1.165, 1.54) is 0 Å². The van der Waals surface area contributed by atoms with Crippen molar-refractivity contribution >= 4 is 5.78 Å². The Hall–Kier alpha value is -1.93.